The van der Waals surface area contributed by atoms with E-state index in [0.717, 1.165) is 34.1 Å². The lowest BCUT2D eigenvalue weighted by atomic mass is 10.1. The summed E-state index contributed by atoms with van der Waals surface area (Å²) in [5.74, 6) is -1.56. The molecule has 0 aliphatic rings. The Balaban J connectivity index is 2.06. The van der Waals surface area contributed by atoms with Gasteiger partial charge in [0.2, 0.25) is 11.8 Å². The zero-order valence-corrected chi connectivity index (χ0v) is 24.9. The maximum absolute atomic E-state index is 14.0. The Labute approximate surface area is 244 Å². The summed E-state index contributed by atoms with van der Waals surface area (Å²) in [6.07, 6.45) is 0.984. The highest BCUT2D eigenvalue weighted by Crippen LogP contribution is 2.27. The van der Waals surface area contributed by atoms with Gasteiger partial charge in [-0.05, 0) is 73.9 Å². The van der Waals surface area contributed by atoms with Gasteiger partial charge in [-0.15, -0.1) is 0 Å². The van der Waals surface area contributed by atoms with E-state index >= 15 is 0 Å². The molecule has 0 aliphatic heterocycles. The largest absolute Gasteiger partial charge is 0.354 e. The molecule has 1 N–H and O–H groups in total. The lowest BCUT2D eigenvalue weighted by Crippen LogP contribution is -2.52. The van der Waals surface area contributed by atoms with Crippen LogP contribution in [0.5, 0.6) is 0 Å². The highest BCUT2D eigenvalue weighted by Gasteiger charge is 2.34. The van der Waals surface area contributed by atoms with E-state index in [1.165, 1.54) is 11.0 Å². The first kappa shape index (κ1) is 31.4. The standard InChI is InChI=1S/C29H32Cl2FN3O4S/c1-4-16-33-29(37)27(5-2)34(18-21-8-9-22(30)17-26(21)31)28(36)19-35(24-12-6-20(3)7-13-24)40(38,39)25-14-10-23(32)11-15-25/h6-15,17,27H,4-5,16,18-19H2,1-3H3,(H,33,37)/t27-/m0/s1. The van der Waals surface area contributed by atoms with E-state index in [-0.39, 0.29) is 29.5 Å². The van der Waals surface area contributed by atoms with E-state index in [9.17, 15) is 22.4 Å². The maximum atomic E-state index is 14.0. The number of anilines is 1. The molecule has 0 fully saturated rings. The smallest absolute Gasteiger partial charge is 0.264 e. The predicted molar refractivity (Wildman–Crippen MR) is 157 cm³/mol. The molecular weight excluding hydrogens is 576 g/mol. The number of hydrogen-bond donors (Lipinski definition) is 1. The first-order chi connectivity index (χ1) is 19.0. The van der Waals surface area contributed by atoms with Crippen molar-refractivity contribution in [3.63, 3.8) is 0 Å². The summed E-state index contributed by atoms with van der Waals surface area (Å²) in [5.41, 5.74) is 1.69. The molecule has 3 aromatic rings. The van der Waals surface area contributed by atoms with Crippen molar-refractivity contribution in [2.45, 2.75) is 51.1 Å². The summed E-state index contributed by atoms with van der Waals surface area (Å²) in [6, 6.07) is 15.0. The fourth-order valence-electron chi connectivity index (χ4n) is 4.09. The van der Waals surface area contributed by atoms with Gasteiger partial charge in [0.15, 0.2) is 0 Å². The molecule has 0 spiro atoms. The summed E-state index contributed by atoms with van der Waals surface area (Å²) in [6.45, 7) is 5.31. The van der Waals surface area contributed by atoms with Gasteiger partial charge < -0.3 is 10.2 Å². The Morgan fingerprint density at radius 2 is 1.62 bits per heavy atom. The molecule has 214 valence electrons. The minimum absolute atomic E-state index is 0.0504. The van der Waals surface area contributed by atoms with Gasteiger partial charge in [0.05, 0.1) is 10.6 Å². The van der Waals surface area contributed by atoms with Gasteiger partial charge in [-0.1, -0.05) is 60.8 Å². The molecule has 3 aromatic carbocycles. The van der Waals surface area contributed by atoms with Gasteiger partial charge in [-0.25, -0.2) is 12.8 Å². The minimum Gasteiger partial charge on any atom is -0.354 e. The number of sulfonamides is 1. The molecule has 2 amide bonds. The van der Waals surface area contributed by atoms with Gasteiger partial charge in [-0.3, -0.25) is 13.9 Å². The lowest BCUT2D eigenvalue weighted by Gasteiger charge is -2.33. The summed E-state index contributed by atoms with van der Waals surface area (Å²) in [5, 5.41) is 3.55. The van der Waals surface area contributed by atoms with Crippen molar-refractivity contribution >= 4 is 50.7 Å². The average Bonchev–Trinajstić information content (AvgIpc) is 2.92. The number of carbonyl (C=O) groups excluding carboxylic acids is 2. The average molecular weight is 609 g/mol. The van der Waals surface area contributed by atoms with Crippen LogP contribution < -0.4 is 9.62 Å². The predicted octanol–water partition coefficient (Wildman–Crippen LogP) is 5.97. The van der Waals surface area contributed by atoms with Crippen LogP contribution >= 0.6 is 23.2 Å². The number of benzene rings is 3. The summed E-state index contributed by atoms with van der Waals surface area (Å²) in [7, 11) is -4.29. The third-order valence-corrected chi connectivity index (χ3v) is 8.67. The Kier molecular flexibility index (Phi) is 11.0. The number of aryl methyl sites for hydroxylation is 1. The Hall–Kier alpha value is -3.14. The second-order valence-corrected chi connectivity index (χ2v) is 12.0. The monoisotopic (exact) mass is 607 g/mol. The third-order valence-electron chi connectivity index (χ3n) is 6.29. The number of hydrogen-bond acceptors (Lipinski definition) is 4. The van der Waals surface area contributed by atoms with Gasteiger partial charge in [0.1, 0.15) is 18.4 Å². The molecule has 11 heteroatoms. The molecule has 7 nitrogen and oxygen atoms in total. The van der Waals surface area contributed by atoms with E-state index in [4.69, 9.17) is 23.2 Å². The number of halogens is 3. The van der Waals surface area contributed by atoms with Crippen LogP contribution in [0.2, 0.25) is 10.0 Å². The molecule has 1 atom stereocenters. The van der Waals surface area contributed by atoms with Crippen LogP contribution in [0, 0.1) is 12.7 Å². The van der Waals surface area contributed by atoms with Crippen molar-refractivity contribution in [2.24, 2.45) is 0 Å². The highest BCUT2D eigenvalue weighted by molar-refractivity contribution is 7.92. The minimum atomic E-state index is -4.29. The van der Waals surface area contributed by atoms with Crippen LogP contribution in [0.15, 0.2) is 71.6 Å². The van der Waals surface area contributed by atoms with Gasteiger partial charge >= 0.3 is 0 Å². The summed E-state index contributed by atoms with van der Waals surface area (Å²) in [4.78, 5) is 28.3. The topological polar surface area (TPSA) is 86.8 Å². The molecule has 0 heterocycles. The first-order valence-electron chi connectivity index (χ1n) is 12.8. The number of nitrogens with zero attached hydrogens (tertiary/aromatic N) is 2. The molecule has 0 saturated heterocycles. The second-order valence-electron chi connectivity index (χ2n) is 9.27. The Bertz CT molecular complexity index is 1430. The number of rotatable bonds is 12. The van der Waals surface area contributed by atoms with Crippen molar-refractivity contribution in [3.8, 4) is 0 Å². The first-order valence-corrected chi connectivity index (χ1v) is 15.0. The molecular formula is C29H32Cl2FN3O4S. The lowest BCUT2D eigenvalue weighted by molar-refractivity contribution is -0.140. The van der Waals surface area contributed by atoms with Crippen LogP contribution in [0.1, 0.15) is 37.8 Å². The molecule has 0 aromatic heterocycles. The Morgan fingerprint density at radius 3 is 2.20 bits per heavy atom. The zero-order valence-electron chi connectivity index (χ0n) is 22.5. The van der Waals surface area contributed by atoms with Crippen molar-refractivity contribution in [1.82, 2.24) is 10.2 Å². The normalized spacial score (nSPS) is 12.1. The molecule has 0 saturated carbocycles. The van der Waals surface area contributed by atoms with Crippen LogP contribution in [-0.4, -0.2) is 44.3 Å². The Morgan fingerprint density at radius 1 is 0.975 bits per heavy atom. The molecule has 0 radical (unpaired) electrons. The fourth-order valence-corrected chi connectivity index (χ4v) is 5.97. The van der Waals surface area contributed by atoms with E-state index < -0.39 is 34.3 Å². The third kappa shape index (κ3) is 7.74. The number of carbonyl (C=O) groups is 2. The number of amides is 2. The quantitative estimate of drug-likeness (QED) is 0.275. The van der Waals surface area contributed by atoms with Crippen LogP contribution in [0.3, 0.4) is 0 Å². The zero-order chi connectivity index (χ0) is 29.4. The number of nitrogens with one attached hydrogen (secondary N) is 1. The second kappa shape index (κ2) is 14.0. The van der Waals surface area contributed by atoms with Crippen LogP contribution in [0.4, 0.5) is 10.1 Å². The summed E-state index contributed by atoms with van der Waals surface area (Å²) >= 11 is 12.5. The van der Waals surface area contributed by atoms with E-state index in [0.29, 0.717) is 28.6 Å². The van der Waals surface area contributed by atoms with E-state index in [2.05, 4.69) is 5.32 Å². The van der Waals surface area contributed by atoms with Gasteiger partial charge in [0.25, 0.3) is 10.0 Å². The van der Waals surface area contributed by atoms with Crippen molar-refractivity contribution < 1.29 is 22.4 Å². The van der Waals surface area contributed by atoms with E-state index in [1.54, 1.807) is 43.3 Å². The molecule has 0 bridgehead atoms. The highest BCUT2D eigenvalue weighted by atomic mass is 35.5. The molecule has 3 rings (SSSR count). The van der Waals surface area contributed by atoms with Crippen molar-refractivity contribution in [3.05, 3.63) is 93.7 Å². The molecule has 0 unspecified atom stereocenters. The summed E-state index contributed by atoms with van der Waals surface area (Å²) < 4.78 is 42.1. The molecule has 40 heavy (non-hydrogen) atoms. The molecule has 0 aliphatic carbocycles. The van der Waals surface area contributed by atoms with Gasteiger partial charge in [-0.2, -0.15) is 0 Å². The van der Waals surface area contributed by atoms with Crippen molar-refractivity contribution in [1.29, 1.82) is 0 Å². The fraction of sp³-hybridized carbons (Fsp3) is 0.310. The van der Waals surface area contributed by atoms with Crippen LogP contribution in [-0.2, 0) is 26.2 Å². The van der Waals surface area contributed by atoms with Crippen molar-refractivity contribution in [2.75, 3.05) is 17.4 Å². The maximum Gasteiger partial charge on any atom is 0.264 e. The van der Waals surface area contributed by atoms with E-state index in [1.807, 2.05) is 13.8 Å². The van der Waals surface area contributed by atoms with Gasteiger partial charge in [0, 0.05) is 23.1 Å². The van der Waals surface area contributed by atoms with Crippen LogP contribution in [0.25, 0.3) is 0 Å². The SMILES string of the molecule is CCCNC(=O)[C@H](CC)N(Cc1ccc(Cl)cc1Cl)C(=O)CN(c1ccc(C)cc1)S(=O)(=O)c1ccc(F)cc1.